The van der Waals surface area contributed by atoms with Crippen LogP contribution in [0.1, 0.15) is 30.1 Å². The molecule has 0 aliphatic carbocycles. The van der Waals surface area contributed by atoms with Crippen LogP contribution in [0, 0.1) is 11.6 Å². The standard InChI is InChI=1S/C20H22F2N4O4S/c1-12(27)23-13-5-6-18(25-31(2,29)30)15(9-13)20(28)24-14-10-16(21)19(17(22)11-14)26-7-3-4-8-26/h5-6,9-11,25H,3-4,7-8H2,1-2H3,(H,23,27)(H,24,28). The van der Waals surface area contributed by atoms with E-state index in [9.17, 15) is 26.8 Å². The SMILES string of the molecule is CC(=O)Nc1ccc(NS(C)(=O)=O)c(C(=O)Nc2cc(F)c(N3CCCC3)c(F)c2)c1. The van der Waals surface area contributed by atoms with Crippen molar-refractivity contribution in [1.29, 1.82) is 0 Å². The number of amides is 2. The summed E-state index contributed by atoms with van der Waals surface area (Å²) in [6, 6.07) is 6.00. The van der Waals surface area contributed by atoms with Gasteiger partial charge in [0, 0.05) is 31.4 Å². The summed E-state index contributed by atoms with van der Waals surface area (Å²) in [4.78, 5) is 25.7. The van der Waals surface area contributed by atoms with Gasteiger partial charge in [0.2, 0.25) is 15.9 Å². The highest BCUT2D eigenvalue weighted by Crippen LogP contribution is 2.30. The van der Waals surface area contributed by atoms with Crippen molar-refractivity contribution in [3.8, 4) is 0 Å². The average Bonchev–Trinajstić information content (AvgIpc) is 3.15. The first-order chi connectivity index (χ1) is 14.5. The fraction of sp³-hybridized carbons (Fsp3) is 0.300. The topological polar surface area (TPSA) is 108 Å². The summed E-state index contributed by atoms with van der Waals surface area (Å²) in [6.07, 6.45) is 2.61. The van der Waals surface area contributed by atoms with E-state index in [1.165, 1.54) is 25.1 Å². The Morgan fingerprint density at radius 2 is 1.58 bits per heavy atom. The number of hydrogen-bond donors (Lipinski definition) is 3. The van der Waals surface area contributed by atoms with Crippen LogP contribution in [0.4, 0.5) is 31.5 Å². The highest BCUT2D eigenvalue weighted by atomic mass is 32.2. The van der Waals surface area contributed by atoms with E-state index in [2.05, 4.69) is 15.4 Å². The number of anilines is 4. The Morgan fingerprint density at radius 1 is 0.968 bits per heavy atom. The number of hydrogen-bond acceptors (Lipinski definition) is 5. The van der Waals surface area contributed by atoms with E-state index in [-0.39, 0.29) is 28.3 Å². The molecular weight excluding hydrogens is 430 g/mol. The number of nitrogens with one attached hydrogen (secondary N) is 3. The third-order valence-electron chi connectivity index (χ3n) is 4.58. The summed E-state index contributed by atoms with van der Waals surface area (Å²) in [6.45, 7) is 2.38. The molecule has 2 aromatic carbocycles. The number of nitrogens with zero attached hydrogens (tertiary/aromatic N) is 1. The number of sulfonamides is 1. The second-order valence-electron chi connectivity index (χ2n) is 7.25. The number of halogens is 2. The Balaban J connectivity index is 1.92. The minimum Gasteiger partial charge on any atom is -0.367 e. The lowest BCUT2D eigenvalue weighted by molar-refractivity contribution is -0.114. The van der Waals surface area contributed by atoms with Crippen molar-refractivity contribution in [2.24, 2.45) is 0 Å². The molecule has 1 saturated heterocycles. The van der Waals surface area contributed by atoms with Gasteiger partial charge in [-0.15, -0.1) is 0 Å². The van der Waals surface area contributed by atoms with E-state index in [4.69, 9.17) is 0 Å². The van der Waals surface area contributed by atoms with Gasteiger partial charge in [-0.05, 0) is 43.2 Å². The van der Waals surface area contributed by atoms with Crippen LogP contribution >= 0.6 is 0 Å². The average molecular weight is 452 g/mol. The van der Waals surface area contributed by atoms with Gasteiger partial charge in [-0.3, -0.25) is 14.3 Å². The van der Waals surface area contributed by atoms with Gasteiger partial charge >= 0.3 is 0 Å². The van der Waals surface area contributed by atoms with Gasteiger partial charge in [-0.2, -0.15) is 0 Å². The minimum absolute atomic E-state index is 0.0521. The first kappa shape index (κ1) is 22.5. The minimum atomic E-state index is -3.71. The molecule has 31 heavy (non-hydrogen) atoms. The van der Waals surface area contributed by atoms with Crippen molar-refractivity contribution in [2.45, 2.75) is 19.8 Å². The second kappa shape index (κ2) is 8.88. The predicted octanol–water partition coefficient (Wildman–Crippen LogP) is 3.15. The lowest BCUT2D eigenvalue weighted by Crippen LogP contribution is -2.21. The normalized spacial score (nSPS) is 13.7. The zero-order valence-corrected chi connectivity index (χ0v) is 17.8. The van der Waals surface area contributed by atoms with Crippen LogP contribution in [0.25, 0.3) is 0 Å². The van der Waals surface area contributed by atoms with Crippen LogP contribution in [0.15, 0.2) is 30.3 Å². The van der Waals surface area contributed by atoms with E-state index < -0.39 is 33.5 Å². The lowest BCUT2D eigenvalue weighted by atomic mass is 10.1. The molecule has 2 amide bonds. The van der Waals surface area contributed by atoms with Gasteiger partial charge in [0.15, 0.2) is 11.6 Å². The smallest absolute Gasteiger partial charge is 0.257 e. The second-order valence-corrected chi connectivity index (χ2v) is 9.00. The van der Waals surface area contributed by atoms with Crippen molar-refractivity contribution in [3.63, 3.8) is 0 Å². The lowest BCUT2D eigenvalue weighted by Gasteiger charge is -2.20. The maximum absolute atomic E-state index is 14.6. The summed E-state index contributed by atoms with van der Waals surface area (Å²) < 4.78 is 54.6. The first-order valence-electron chi connectivity index (χ1n) is 9.48. The Bertz CT molecular complexity index is 1110. The number of rotatable bonds is 6. The number of carbonyl (C=O) groups excluding carboxylic acids is 2. The summed E-state index contributed by atoms with van der Waals surface area (Å²) >= 11 is 0. The van der Waals surface area contributed by atoms with Crippen LogP contribution in [0.5, 0.6) is 0 Å². The highest BCUT2D eigenvalue weighted by molar-refractivity contribution is 7.92. The quantitative estimate of drug-likeness (QED) is 0.624. The van der Waals surface area contributed by atoms with Crippen LogP contribution in [0.2, 0.25) is 0 Å². The monoisotopic (exact) mass is 452 g/mol. The number of carbonyl (C=O) groups is 2. The molecule has 0 spiro atoms. The molecule has 0 radical (unpaired) electrons. The van der Waals surface area contributed by atoms with E-state index in [1.807, 2.05) is 0 Å². The van der Waals surface area contributed by atoms with E-state index in [0.717, 1.165) is 31.2 Å². The molecule has 8 nitrogen and oxygen atoms in total. The molecule has 0 aromatic heterocycles. The molecule has 0 saturated carbocycles. The molecule has 166 valence electrons. The van der Waals surface area contributed by atoms with Crippen molar-refractivity contribution in [1.82, 2.24) is 0 Å². The van der Waals surface area contributed by atoms with E-state index >= 15 is 0 Å². The van der Waals surface area contributed by atoms with Crippen LogP contribution in [-0.4, -0.2) is 39.6 Å². The van der Waals surface area contributed by atoms with Gasteiger partial charge in [-0.1, -0.05) is 0 Å². The van der Waals surface area contributed by atoms with Crippen LogP contribution in [0.3, 0.4) is 0 Å². The van der Waals surface area contributed by atoms with Gasteiger partial charge in [0.05, 0.1) is 17.5 Å². The molecule has 1 fully saturated rings. The molecular formula is C20H22F2N4O4S. The van der Waals surface area contributed by atoms with Crippen molar-refractivity contribution in [3.05, 3.63) is 47.5 Å². The maximum Gasteiger partial charge on any atom is 0.257 e. The van der Waals surface area contributed by atoms with Crippen molar-refractivity contribution >= 4 is 44.6 Å². The van der Waals surface area contributed by atoms with Gasteiger partial charge in [0.1, 0.15) is 5.69 Å². The molecule has 1 aliphatic heterocycles. The van der Waals surface area contributed by atoms with Gasteiger partial charge in [0.25, 0.3) is 5.91 Å². The Kier molecular flexibility index (Phi) is 6.44. The zero-order valence-electron chi connectivity index (χ0n) is 17.0. The Labute approximate surface area is 178 Å². The van der Waals surface area contributed by atoms with E-state index in [1.54, 1.807) is 4.90 Å². The molecule has 11 heteroatoms. The molecule has 2 aromatic rings. The molecule has 1 heterocycles. The number of benzene rings is 2. The third kappa shape index (κ3) is 5.69. The predicted molar refractivity (Wildman–Crippen MR) is 115 cm³/mol. The molecule has 0 atom stereocenters. The molecule has 3 rings (SSSR count). The Hall–Kier alpha value is -3.21. The summed E-state index contributed by atoms with van der Waals surface area (Å²) in [5.41, 5.74) is -0.205. The van der Waals surface area contributed by atoms with Crippen LogP contribution < -0.4 is 20.3 Å². The fourth-order valence-corrected chi connectivity index (χ4v) is 3.96. The molecule has 3 N–H and O–H groups in total. The zero-order chi connectivity index (χ0) is 22.8. The summed E-state index contributed by atoms with van der Waals surface area (Å²) in [7, 11) is -3.71. The molecule has 0 bridgehead atoms. The van der Waals surface area contributed by atoms with Crippen molar-refractivity contribution in [2.75, 3.05) is 39.6 Å². The summed E-state index contributed by atoms with van der Waals surface area (Å²) in [5.74, 6) is -2.82. The van der Waals surface area contributed by atoms with Gasteiger partial charge in [-0.25, -0.2) is 17.2 Å². The molecule has 1 aliphatic rings. The van der Waals surface area contributed by atoms with Crippen LogP contribution in [-0.2, 0) is 14.8 Å². The van der Waals surface area contributed by atoms with E-state index in [0.29, 0.717) is 13.1 Å². The van der Waals surface area contributed by atoms with Crippen molar-refractivity contribution < 1.29 is 26.8 Å². The first-order valence-corrected chi connectivity index (χ1v) is 11.4. The largest absolute Gasteiger partial charge is 0.367 e. The highest BCUT2D eigenvalue weighted by Gasteiger charge is 2.22. The molecule has 0 unspecified atom stereocenters. The Morgan fingerprint density at radius 3 is 2.13 bits per heavy atom. The maximum atomic E-state index is 14.6. The van der Waals surface area contributed by atoms with Gasteiger partial charge < -0.3 is 15.5 Å². The summed E-state index contributed by atoms with van der Waals surface area (Å²) in [5, 5.41) is 4.87. The fourth-order valence-electron chi connectivity index (χ4n) is 3.38. The third-order valence-corrected chi connectivity index (χ3v) is 5.17.